The van der Waals surface area contributed by atoms with Crippen molar-refractivity contribution in [1.29, 1.82) is 0 Å². The van der Waals surface area contributed by atoms with E-state index in [-0.39, 0.29) is 0 Å². The Balaban J connectivity index is 1.63. The Hall–Kier alpha value is -1.92. The lowest BCUT2D eigenvalue weighted by molar-refractivity contribution is -0.136. The molecule has 0 spiro atoms. The molecule has 2 amide bonds. The molecule has 1 saturated heterocycles. The molecule has 1 aromatic rings. The largest absolute Gasteiger partial charge is 0.380 e. The van der Waals surface area contributed by atoms with Crippen molar-refractivity contribution in [2.45, 2.75) is 39.7 Å². The number of benzene rings is 1. The van der Waals surface area contributed by atoms with Gasteiger partial charge in [0, 0.05) is 32.4 Å². The summed E-state index contributed by atoms with van der Waals surface area (Å²) in [6, 6.07) is 7.29. The van der Waals surface area contributed by atoms with Crippen molar-refractivity contribution in [3.8, 4) is 0 Å². The molecule has 2 atom stereocenters. The Morgan fingerprint density at radius 3 is 2.59 bits per heavy atom. The Morgan fingerprint density at radius 2 is 1.89 bits per heavy atom. The number of hydrogen-bond acceptors (Lipinski definition) is 4. The third-order valence-electron chi connectivity index (χ3n) is 4.83. The summed E-state index contributed by atoms with van der Waals surface area (Å²) in [5.41, 5.74) is 1.54. The fourth-order valence-corrected chi connectivity index (χ4v) is 3.81. The van der Waals surface area contributed by atoms with Crippen LogP contribution >= 0.6 is 0 Å². The maximum Gasteiger partial charge on any atom is 0.313 e. The van der Waals surface area contributed by atoms with E-state index >= 15 is 0 Å². The number of amides is 2. The first kappa shape index (κ1) is 21.4. The van der Waals surface area contributed by atoms with E-state index in [1.54, 1.807) is 19.2 Å². The number of ether oxygens (including phenoxy) is 1. The molecule has 1 aliphatic rings. The lowest BCUT2D eigenvalue weighted by atomic mass is 9.92. The van der Waals surface area contributed by atoms with Crippen LogP contribution < -0.4 is 10.6 Å². The Kier molecular flexibility index (Phi) is 8.75. The second-order valence-electron chi connectivity index (χ2n) is 7.76. The van der Waals surface area contributed by atoms with Gasteiger partial charge in [0.05, 0.1) is 6.61 Å². The second kappa shape index (κ2) is 11.0. The molecule has 1 fully saturated rings. The van der Waals surface area contributed by atoms with Crippen LogP contribution in [0, 0.1) is 11.8 Å². The second-order valence-corrected chi connectivity index (χ2v) is 7.76. The standard InChI is InChI=1S/C21H33N3O3/c1-16-11-17(2)14-24(13-16)10-5-4-9-22-20(25)21(26)23-19-8-6-7-18(12-19)15-27-3/h6-8,12,16-17H,4-5,9-11,13-15H2,1-3H3,(H,22,25)(H,23,26). The molecule has 0 aliphatic carbocycles. The molecule has 0 saturated carbocycles. The summed E-state index contributed by atoms with van der Waals surface area (Å²) in [6.45, 7) is 9.00. The van der Waals surface area contributed by atoms with Crippen molar-refractivity contribution in [1.82, 2.24) is 10.2 Å². The zero-order chi connectivity index (χ0) is 19.6. The van der Waals surface area contributed by atoms with Crippen LogP contribution in [-0.2, 0) is 20.9 Å². The molecule has 0 bridgehead atoms. The summed E-state index contributed by atoms with van der Waals surface area (Å²) < 4.78 is 5.07. The third-order valence-corrected chi connectivity index (χ3v) is 4.83. The van der Waals surface area contributed by atoms with Gasteiger partial charge in [-0.2, -0.15) is 0 Å². The van der Waals surface area contributed by atoms with E-state index in [1.165, 1.54) is 19.5 Å². The third kappa shape index (κ3) is 7.69. The number of piperidine rings is 1. The number of unbranched alkanes of at least 4 members (excludes halogenated alkanes) is 1. The Bertz CT molecular complexity index is 610. The fourth-order valence-electron chi connectivity index (χ4n) is 3.81. The number of likely N-dealkylation sites (tertiary alicyclic amines) is 1. The van der Waals surface area contributed by atoms with E-state index in [0.29, 0.717) is 18.8 Å². The molecule has 2 N–H and O–H groups in total. The average molecular weight is 376 g/mol. The number of carbonyl (C=O) groups excluding carboxylic acids is 2. The minimum Gasteiger partial charge on any atom is -0.380 e. The SMILES string of the molecule is COCc1cccc(NC(=O)C(=O)NCCCCN2CC(C)CC(C)C2)c1. The number of hydrogen-bond donors (Lipinski definition) is 2. The Morgan fingerprint density at radius 1 is 1.15 bits per heavy atom. The molecular weight excluding hydrogens is 342 g/mol. The van der Waals surface area contributed by atoms with Gasteiger partial charge < -0.3 is 20.3 Å². The summed E-state index contributed by atoms with van der Waals surface area (Å²) in [4.78, 5) is 26.5. The van der Waals surface area contributed by atoms with E-state index in [0.717, 1.165) is 36.8 Å². The van der Waals surface area contributed by atoms with Crippen LogP contribution in [0.2, 0.25) is 0 Å². The molecule has 150 valence electrons. The van der Waals surface area contributed by atoms with Gasteiger partial charge in [-0.3, -0.25) is 9.59 Å². The van der Waals surface area contributed by atoms with Crippen molar-refractivity contribution >= 4 is 17.5 Å². The van der Waals surface area contributed by atoms with Crippen LogP contribution in [0.1, 0.15) is 38.7 Å². The number of nitrogens with zero attached hydrogens (tertiary/aromatic N) is 1. The van der Waals surface area contributed by atoms with Crippen molar-refractivity contribution < 1.29 is 14.3 Å². The predicted octanol–water partition coefficient (Wildman–Crippen LogP) is 2.65. The highest BCUT2D eigenvalue weighted by Crippen LogP contribution is 2.20. The molecule has 2 unspecified atom stereocenters. The van der Waals surface area contributed by atoms with Crippen molar-refractivity contribution in [2.75, 3.05) is 38.6 Å². The topological polar surface area (TPSA) is 70.7 Å². The number of nitrogens with one attached hydrogen (secondary N) is 2. The zero-order valence-corrected chi connectivity index (χ0v) is 16.8. The number of anilines is 1. The molecule has 1 aromatic carbocycles. The molecule has 2 rings (SSSR count). The highest BCUT2D eigenvalue weighted by molar-refractivity contribution is 6.39. The quantitative estimate of drug-likeness (QED) is 0.541. The minimum atomic E-state index is -0.636. The van der Waals surface area contributed by atoms with Crippen LogP contribution in [0.5, 0.6) is 0 Å². The van der Waals surface area contributed by atoms with E-state index in [2.05, 4.69) is 29.4 Å². The monoisotopic (exact) mass is 375 g/mol. The summed E-state index contributed by atoms with van der Waals surface area (Å²) in [6.07, 6.45) is 3.22. The number of rotatable bonds is 8. The summed E-state index contributed by atoms with van der Waals surface area (Å²) in [5.74, 6) is 0.301. The van der Waals surface area contributed by atoms with Gasteiger partial charge in [0.15, 0.2) is 0 Å². The van der Waals surface area contributed by atoms with Gasteiger partial charge >= 0.3 is 11.8 Å². The van der Waals surface area contributed by atoms with Crippen LogP contribution in [0.15, 0.2) is 24.3 Å². The molecule has 1 aliphatic heterocycles. The van der Waals surface area contributed by atoms with Crippen LogP contribution in [0.25, 0.3) is 0 Å². The van der Waals surface area contributed by atoms with Crippen LogP contribution in [-0.4, -0.2) is 50.0 Å². The first-order valence-corrected chi connectivity index (χ1v) is 9.87. The normalized spacial score (nSPS) is 20.3. The maximum atomic E-state index is 12.0. The van der Waals surface area contributed by atoms with Gasteiger partial charge in [0.25, 0.3) is 0 Å². The summed E-state index contributed by atoms with van der Waals surface area (Å²) >= 11 is 0. The molecule has 0 aromatic heterocycles. The van der Waals surface area contributed by atoms with Crippen LogP contribution in [0.3, 0.4) is 0 Å². The van der Waals surface area contributed by atoms with Crippen molar-refractivity contribution in [3.63, 3.8) is 0 Å². The average Bonchev–Trinajstić information content (AvgIpc) is 2.61. The van der Waals surface area contributed by atoms with Gasteiger partial charge in [0.2, 0.25) is 0 Å². The molecular formula is C21H33N3O3. The van der Waals surface area contributed by atoms with Gasteiger partial charge in [-0.05, 0) is 55.3 Å². The molecule has 0 radical (unpaired) electrons. The Labute approximate surface area is 162 Å². The smallest absolute Gasteiger partial charge is 0.313 e. The number of methoxy groups -OCH3 is 1. The summed E-state index contributed by atoms with van der Waals surface area (Å²) in [5, 5.41) is 5.33. The molecule has 6 nitrogen and oxygen atoms in total. The van der Waals surface area contributed by atoms with E-state index < -0.39 is 11.8 Å². The fraction of sp³-hybridized carbons (Fsp3) is 0.619. The lowest BCUT2D eigenvalue weighted by Gasteiger charge is -2.34. The predicted molar refractivity (Wildman–Crippen MR) is 107 cm³/mol. The van der Waals surface area contributed by atoms with Gasteiger partial charge in [-0.15, -0.1) is 0 Å². The highest BCUT2D eigenvalue weighted by Gasteiger charge is 2.21. The van der Waals surface area contributed by atoms with Gasteiger partial charge in [0.1, 0.15) is 0 Å². The first-order chi connectivity index (χ1) is 13.0. The number of carbonyl (C=O) groups is 2. The molecule has 1 heterocycles. The summed E-state index contributed by atoms with van der Waals surface area (Å²) in [7, 11) is 1.62. The maximum absolute atomic E-state index is 12.0. The van der Waals surface area contributed by atoms with Crippen LogP contribution in [0.4, 0.5) is 5.69 Å². The van der Waals surface area contributed by atoms with Gasteiger partial charge in [-0.25, -0.2) is 0 Å². The van der Waals surface area contributed by atoms with E-state index in [9.17, 15) is 9.59 Å². The zero-order valence-electron chi connectivity index (χ0n) is 16.8. The first-order valence-electron chi connectivity index (χ1n) is 9.87. The lowest BCUT2D eigenvalue weighted by Crippen LogP contribution is -2.39. The van der Waals surface area contributed by atoms with Crippen molar-refractivity contribution in [3.05, 3.63) is 29.8 Å². The molecule has 6 heteroatoms. The van der Waals surface area contributed by atoms with E-state index in [4.69, 9.17) is 4.74 Å². The minimum absolute atomic E-state index is 0.463. The van der Waals surface area contributed by atoms with E-state index in [1.807, 2.05) is 12.1 Å². The van der Waals surface area contributed by atoms with Crippen molar-refractivity contribution in [2.24, 2.45) is 11.8 Å². The van der Waals surface area contributed by atoms with Gasteiger partial charge in [-0.1, -0.05) is 26.0 Å². The highest BCUT2D eigenvalue weighted by atomic mass is 16.5. The molecule has 27 heavy (non-hydrogen) atoms.